The van der Waals surface area contributed by atoms with Crippen LogP contribution in [-0.4, -0.2) is 0 Å². The predicted molar refractivity (Wildman–Crippen MR) is 52.0 cm³/mol. The Morgan fingerprint density at radius 2 is 2.00 bits per heavy atom. The third-order valence-corrected chi connectivity index (χ3v) is 2.72. The summed E-state index contributed by atoms with van der Waals surface area (Å²) in [5, 5.41) is 0. The van der Waals surface area contributed by atoms with Gasteiger partial charge in [0.15, 0.2) is 0 Å². The number of hydrogen-bond donors (Lipinski definition) is 0. The van der Waals surface area contributed by atoms with E-state index in [2.05, 4.69) is 36.9 Å². The topological polar surface area (TPSA) is 0 Å². The zero-order chi connectivity index (χ0) is 8.39. The molecule has 0 radical (unpaired) electrons. The molecule has 0 nitrogen and oxygen atoms in total. The van der Waals surface area contributed by atoms with Gasteiger partial charge < -0.3 is 0 Å². The van der Waals surface area contributed by atoms with Crippen LogP contribution in [-0.2, 0) is 6.42 Å². The molecule has 62 valence electrons. The molecule has 0 bridgehead atoms. The minimum atomic E-state index is 0.771. The van der Waals surface area contributed by atoms with E-state index < -0.39 is 0 Å². The van der Waals surface area contributed by atoms with Crippen LogP contribution in [0.2, 0.25) is 0 Å². The molecule has 0 aromatic heterocycles. The van der Waals surface area contributed by atoms with Gasteiger partial charge in [0.1, 0.15) is 0 Å². The highest BCUT2D eigenvalue weighted by Crippen LogP contribution is 2.34. The first-order chi connectivity index (χ1) is 5.86. The van der Waals surface area contributed by atoms with Gasteiger partial charge in [-0.3, -0.25) is 0 Å². The Kier molecular flexibility index (Phi) is 1.99. The fourth-order valence-corrected chi connectivity index (χ4v) is 1.70. The molecule has 2 rings (SSSR count). The highest BCUT2D eigenvalue weighted by Gasteiger charge is 2.21. The van der Waals surface area contributed by atoms with Crippen molar-refractivity contribution in [3.8, 4) is 0 Å². The number of hydrogen-bond acceptors (Lipinski definition) is 0. The van der Waals surface area contributed by atoms with E-state index in [0.717, 1.165) is 5.92 Å². The van der Waals surface area contributed by atoms with Gasteiger partial charge in [-0.25, -0.2) is 0 Å². The van der Waals surface area contributed by atoms with Crippen molar-refractivity contribution in [3.05, 3.63) is 48.0 Å². The van der Waals surface area contributed by atoms with Gasteiger partial charge in [0, 0.05) is 0 Å². The first-order valence-electron chi connectivity index (χ1n) is 4.58. The standard InChI is InChI=1S/C12H14/c1-10-7-8-12(10)9-11-5-3-2-4-6-11/h2-6,12H,1,7-9H2. The second kappa shape index (κ2) is 3.14. The maximum atomic E-state index is 4.04. The molecule has 0 spiro atoms. The average molecular weight is 158 g/mol. The normalized spacial score (nSPS) is 22.0. The zero-order valence-corrected chi connectivity index (χ0v) is 7.29. The molecule has 0 saturated heterocycles. The van der Waals surface area contributed by atoms with Crippen LogP contribution in [0.3, 0.4) is 0 Å². The van der Waals surface area contributed by atoms with E-state index in [1.54, 1.807) is 0 Å². The number of rotatable bonds is 2. The molecule has 1 unspecified atom stereocenters. The molecule has 1 atom stereocenters. The van der Waals surface area contributed by atoms with Crippen molar-refractivity contribution in [1.29, 1.82) is 0 Å². The smallest absolute Gasteiger partial charge is 0.0162 e. The second-order valence-corrected chi connectivity index (χ2v) is 3.58. The summed E-state index contributed by atoms with van der Waals surface area (Å²) in [6.45, 7) is 4.04. The molecule has 1 aromatic rings. The molecule has 0 aliphatic heterocycles. The predicted octanol–water partition coefficient (Wildman–Crippen LogP) is 3.20. The Morgan fingerprint density at radius 3 is 2.50 bits per heavy atom. The molecule has 1 aliphatic rings. The van der Waals surface area contributed by atoms with Crippen molar-refractivity contribution in [1.82, 2.24) is 0 Å². The summed E-state index contributed by atoms with van der Waals surface area (Å²) in [6.07, 6.45) is 3.78. The maximum Gasteiger partial charge on any atom is -0.0162 e. The summed E-state index contributed by atoms with van der Waals surface area (Å²) in [5.74, 6) is 0.771. The quantitative estimate of drug-likeness (QED) is 0.580. The van der Waals surface area contributed by atoms with Crippen LogP contribution in [0.25, 0.3) is 0 Å². The Hall–Kier alpha value is -1.04. The van der Waals surface area contributed by atoms with Gasteiger partial charge in [-0.15, -0.1) is 0 Å². The SMILES string of the molecule is C=C1CCC1Cc1ccccc1. The Labute approximate surface area is 73.9 Å². The number of benzene rings is 1. The Balaban J connectivity index is 2.00. The van der Waals surface area contributed by atoms with Crippen LogP contribution in [0.4, 0.5) is 0 Å². The van der Waals surface area contributed by atoms with Crippen molar-refractivity contribution in [2.75, 3.05) is 0 Å². The fourth-order valence-electron chi connectivity index (χ4n) is 1.70. The van der Waals surface area contributed by atoms with Gasteiger partial charge in [-0.05, 0) is 30.7 Å². The van der Waals surface area contributed by atoms with Crippen LogP contribution < -0.4 is 0 Å². The summed E-state index contributed by atoms with van der Waals surface area (Å²) in [5.41, 5.74) is 2.89. The van der Waals surface area contributed by atoms with Gasteiger partial charge in [0.05, 0.1) is 0 Å². The Morgan fingerprint density at radius 1 is 1.25 bits per heavy atom. The fraction of sp³-hybridized carbons (Fsp3) is 0.333. The summed E-state index contributed by atoms with van der Waals surface area (Å²) in [4.78, 5) is 0. The minimum Gasteiger partial charge on any atom is -0.0996 e. The highest BCUT2D eigenvalue weighted by atomic mass is 14.3. The molecule has 1 aromatic carbocycles. The average Bonchev–Trinajstić information content (AvgIpc) is 2.14. The lowest BCUT2D eigenvalue weighted by Gasteiger charge is -2.28. The van der Waals surface area contributed by atoms with Crippen LogP contribution in [0, 0.1) is 5.92 Å². The molecule has 12 heavy (non-hydrogen) atoms. The van der Waals surface area contributed by atoms with E-state index in [4.69, 9.17) is 0 Å². The van der Waals surface area contributed by atoms with E-state index in [1.165, 1.54) is 30.4 Å². The molecule has 1 fully saturated rings. The molecule has 0 heteroatoms. The molecule has 0 amide bonds. The van der Waals surface area contributed by atoms with Gasteiger partial charge in [-0.2, -0.15) is 0 Å². The lowest BCUT2D eigenvalue weighted by atomic mass is 9.77. The van der Waals surface area contributed by atoms with Crippen molar-refractivity contribution in [2.24, 2.45) is 5.92 Å². The van der Waals surface area contributed by atoms with Crippen LogP contribution in [0.5, 0.6) is 0 Å². The third-order valence-electron chi connectivity index (χ3n) is 2.72. The van der Waals surface area contributed by atoms with E-state index in [-0.39, 0.29) is 0 Å². The zero-order valence-electron chi connectivity index (χ0n) is 7.29. The second-order valence-electron chi connectivity index (χ2n) is 3.58. The van der Waals surface area contributed by atoms with Crippen LogP contribution in [0.15, 0.2) is 42.5 Å². The monoisotopic (exact) mass is 158 g/mol. The Bertz CT molecular complexity index is 271. The van der Waals surface area contributed by atoms with Crippen LogP contribution >= 0.6 is 0 Å². The van der Waals surface area contributed by atoms with Crippen LogP contribution in [0.1, 0.15) is 18.4 Å². The summed E-state index contributed by atoms with van der Waals surface area (Å²) in [6, 6.07) is 10.7. The molecule has 1 aliphatic carbocycles. The highest BCUT2D eigenvalue weighted by molar-refractivity contribution is 5.20. The third kappa shape index (κ3) is 1.42. The summed E-state index contributed by atoms with van der Waals surface area (Å²) in [7, 11) is 0. The van der Waals surface area contributed by atoms with Crippen molar-refractivity contribution >= 4 is 0 Å². The molecule has 1 saturated carbocycles. The van der Waals surface area contributed by atoms with E-state index >= 15 is 0 Å². The largest absolute Gasteiger partial charge is 0.0996 e. The summed E-state index contributed by atoms with van der Waals surface area (Å²) < 4.78 is 0. The van der Waals surface area contributed by atoms with E-state index in [1.807, 2.05) is 0 Å². The first-order valence-corrected chi connectivity index (χ1v) is 4.58. The molecular formula is C12H14. The van der Waals surface area contributed by atoms with Crippen molar-refractivity contribution in [3.63, 3.8) is 0 Å². The molecule has 0 heterocycles. The lowest BCUT2D eigenvalue weighted by molar-refractivity contribution is 0.443. The van der Waals surface area contributed by atoms with E-state index in [9.17, 15) is 0 Å². The molecule has 0 N–H and O–H groups in total. The van der Waals surface area contributed by atoms with Gasteiger partial charge in [0.25, 0.3) is 0 Å². The van der Waals surface area contributed by atoms with Crippen molar-refractivity contribution < 1.29 is 0 Å². The van der Waals surface area contributed by atoms with Gasteiger partial charge >= 0.3 is 0 Å². The van der Waals surface area contributed by atoms with E-state index in [0.29, 0.717) is 0 Å². The van der Waals surface area contributed by atoms with Crippen molar-refractivity contribution in [2.45, 2.75) is 19.3 Å². The van der Waals surface area contributed by atoms with Gasteiger partial charge in [-0.1, -0.05) is 42.5 Å². The first kappa shape index (κ1) is 7.60. The number of allylic oxidation sites excluding steroid dienone is 1. The molecular weight excluding hydrogens is 144 g/mol. The summed E-state index contributed by atoms with van der Waals surface area (Å²) >= 11 is 0. The van der Waals surface area contributed by atoms with Gasteiger partial charge in [0.2, 0.25) is 0 Å². The lowest BCUT2D eigenvalue weighted by Crippen LogP contribution is -2.16. The maximum absolute atomic E-state index is 4.04. The minimum absolute atomic E-state index is 0.771.